The fourth-order valence-corrected chi connectivity index (χ4v) is 3.25. The van der Waals surface area contributed by atoms with Crippen molar-refractivity contribution in [1.82, 2.24) is 15.6 Å². The molecule has 1 aromatic rings. The lowest BCUT2D eigenvalue weighted by Gasteiger charge is -2.33. The van der Waals surface area contributed by atoms with Gasteiger partial charge in [-0.25, -0.2) is 4.98 Å². The number of nitrogens with one attached hydrogen (secondary N) is 2. The van der Waals surface area contributed by atoms with E-state index in [-0.39, 0.29) is 42.8 Å². The topological polar surface area (TPSA) is 66.5 Å². The van der Waals surface area contributed by atoms with E-state index in [4.69, 9.17) is 4.74 Å². The van der Waals surface area contributed by atoms with E-state index >= 15 is 0 Å². The molecule has 0 spiro atoms. The number of rotatable bonds is 4. The molecule has 1 unspecified atom stereocenters. The van der Waals surface area contributed by atoms with Gasteiger partial charge in [-0.1, -0.05) is 0 Å². The second-order valence-electron chi connectivity index (χ2n) is 6.66. The Kier molecular flexibility index (Phi) is 9.76. The van der Waals surface area contributed by atoms with Gasteiger partial charge in [-0.3, -0.25) is 4.79 Å². The summed E-state index contributed by atoms with van der Waals surface area (Å²) >= 11 is 0. The Morgan fingerprint density at radius 2 is 2.00 bits per heavy atom. The van der Waals surface area contributed by atoms with Crippen LogP contribution in [0, 0.1) is 0 Å². The standard InChI is InChI=1S/C17H23F3N4O2.2ClH/c18-17(19,20)12-1-2-15(22-10-12)24-6-3-13(4-7-24)23-16(25)9-14-11-26-8-5-21-14;;/h1-2,10,13-14,21H,3-9,11H2,(H,23,25);2*1H. The monoisotopic (exact) mass is 444 g/mol. The highest BCUT2D eigenvalue weighted by molar-refractivity contribution is 5.85. The van der Waals surface area contributed by atoms with Gasteiger partial charge in [0, 0.05) is 44.3 Å². The molecule has 3 rings (SSSR count). The van der Waals surface area contributed by atoms with E-state index in [0.717, 1.165) is 31.6 Å². The number of pyridine rings is 1. The third kappa shape index (κ3) is 6.95. The Morgan fingerprint density at radius 1 is 1.29 bits per heavy atom. The third-order valence-corrected chi connectivity index (χ3v) is 4.69. The van der Waals surface area contributed by atoms with Crippen LogP contribution in [0.1, 0.15) is 24.8 Å². The number of aromatic nitrogens is 1. The maximum absolute atomic E-state index is 12.6. The van der Waals surface area contributed by atoms with Gasteiger partial charge in [-0.15, -0.1) is 24.8 Å². The minimum atomic E-state index is -4.37. The summed E-state index contributed by atoms with van der Waals surface area (Å²) in [7, 11) is 0. The smallest absolute Gasteiger partial charge is 0.378 e. The van der Waals surface area contributed by atoms with Gasteiger partial charge >= 0.3 is 6.18 Å². The first kappa shape index (κ1) is 24.7. The summed E-state index contributed by atoms with van der Waals surface area (Å²) in [6.45, 7) is 3.28. The predicted octanol–water partition coefficient (Wildman–Crippen LogP) is 2.41. The number of piperidine rings is 1. The summed E-state index contributed by atoms with van der Waals surface area (Å²) < 4.78 is 43.1. The molecule has 160 valence electrons. The highest BCUT2D eigenvalue weighted by Gasteiger charge is 2.31. The van der Waals surface area contributed by atoms with Gasteiger partial charge in [0.05, 0.1) is 18.8 Å². The van der Waals surface area contributed by atoms with Crippen molar-refractivity contribution in [2.75, 3.05) is 37.7 Å². The van der Waals surface area contributed by atoms with Gasteiger partial charge in [-0.2, -0.15) is 13.2 Å². The van der Waals surface area contributed by atoms with Crippen molar-refractivity contribution < 1.29 is 22.7 Å². The van der Waals surface area contributed by atoms with Gasteiger partial charge < -0.3 is 20.3 Å². The van der Waals surface area contributed by atoms with Gasteiger partial charge in [0.1, 0.15) is 5.82 Å². The van der Waals surface area contributed by atoms with Gasteiger partial charge in [0.15, 0.2) is 0 Å². The predicted molar refractivity (Wildman–Crippen MR) is 104 cm³/mol. The Morgan fingerprint density at radius 3 is 2.54 bits per heavy atom. The summed E-state index contributed by atoms with van der Waals surface area (Å²) in [6.07, 6.45) is -1.64. The molecule has 0 saturated carbocycles. The number of anilines is 1. The van der Waals surface area contributed by atoms with E-state index in [0.29, 0.717) is 38.5 Å². The maximum Gasteiger partial charge on any atom is 0.417 e. The Bertz CT molecular complexity index is 605. The maximum atomic E-state index is 12.6. The number of carbonyl (C=O) groups excluding carboxylic acids is 1. The highest BCUT2D eigenvalue weighted by atomic mass is 35.5. The number of ether oxygens (including phenoxy) is 1. The number of halogens is 5. The highest BCUT2D eigenvalue weighted by Crippen LogP contribution is 2.29. The molecule has 0 bridgehead atoms. The fraction of sp³-hybridized carbons (Fsp3) is 0.647. The molecule has 3 heterocycles. The minimum Gasteiger partial charge on any atom is -0.378 e. The zero-order valence-electron chi connectivity index (χ0n) is 15.2. The van der Waals surface area contributed by atoms with E-state index in [9.17, 15) is 18.0 Å². The van der Waals surface area contributed by atoms with Crippen molar-refractivity contribution >= 4 is 36.5 Å². The summed E-state index contributed by atoms with van der Waals surface area (Å²) in [5, 5.41) is 6.29. The van der Waals surface area contributed by atoms with Crippen LogP contribution < -0.4 is 15.5 Å². The molecule has 11 heteroatoms. The fourth-order valence-electron chi connectivity index (χ4n) is 3.25. The van der Waals surface area contributed by atoms with Crippen molar-refractivity contribution in [2.24, 2.45) is 0 Å². The van der Waals surface area contributed by atoms with Crippen molar-refractivity contribution in [2.45, 2.75) is 37.5 Å². The molecule has 2 N–H and O–H groups in total. The van der Waals surface area contributed by atoms with Gasteiger partial charge in [-0.05, 0) is 25.0 Å². The van der Waals surface area contributed by atoms with Gasteiger partial charge in [0.25, 0.3) is 0 Å². The SMILES string of the molecule is Cl.Cl.O=C(CC1COCCN1)NC1CCN(c2ccc(C(F)(F)F)cn2)CC1. The van der Waals surface area contributed by atoms with E-state index < -0.39 is 11.7 Å². The minimum absolute atomic E-state index is 0. The average Bonchev–Trinajstić information content (AvgIpc) is 2.62. The van der Waals surface area contributed by atoms with Crippen LogP contribution in [0.25, 0.3) is 0 Å². The van der Waals surface area contributed by atoms with Crippen LogP contribution in [0.15, 0.2) is 18.3 Å². The zero-order chi connectivity index (χ0) is 18.6. The Balaban J connectivity index is 0.00000196. The van der Waals surface area contributed by atoms with Crippen molar-refractivity contribution in [3.8, 4) is 0 Å². The van der Waals surface area contributed by atoms with Crippen LogP contribution in [0.3, 0.4) is 0 Å². The summed E-state index contributed by atoms with van der Waals surface area (Å²) in [6, 6.07) is 2.59. The molecule has 0 aliphatic carbocycles. The van der Waals surface area contributed by atoms with Crippen molar-refractivity contribution in [3.63, 3.8) is 0 Å². The summed E-state index contributed by atoms with van der Waals surface area (Å²) in [5.41, 5.74) is -0.747. The lowest BCUT2D eigenvalue weighted by molar-refractivity contribution is -0.137. The van der Waals surface area contributed by atoms with Crippen LogP contribution in [0.2, 0.25) is 0 Å². The molecule has 1 aromatic heterocycles. The second-order valence-corrected chi connectivity index (χ2v) is 6.66. The van der Waals surface area contributed by atoms with Crippen molar-refractivity contribution in [1.29, 1.82) is 0 Å². The molecule has 2 fully saturated rings. The van der Waals surface area contributed by atoms with Crippen LogP contribution in [-0.2, 0) is 15.7 Å². The second kappa shape index (κ2) is 11.0. The number of carbonyl (C=O) groups is 1. The third-order valence-electron chi connectivity index (χ3n) is 4.69. The molecular formula is C17H25Cl2F3N4O2. The lowest BCUT2D eigenvalue weighted by atomic mass is 10.0. The molecule has 2 aliphatic heterocycles. The van der Waals surface area contributed by atoms with Gasteiger partial charge in [0.2, 0.25) is 5.91 Å². The zero-order valence-corrected chi connectivity index (χ0v) is 16.8. The average molecular weight is 445 g/mol. The van der Waals surface area contributed by atoms with Crippen molar-refractivity contribution in [3.05, 3.63) is 23.9 Å². The molecule has 1 atom stereocenters. The molecular weight excluding hydrogens is 420 g/mol. The number of amides is 1. The number of hydrogen-bond acceptors (Lipinski definition) is 5. The van der Waals surface area contributed by atoms with Crippen LogP contribution in [0.4, 0.5) is 19.0 Å². The first-order valence-electron chi connectivity index (χ1n) is 8.80. The van der Waals surface area contributed by atoms with Crippen LogP contribution in [-0.4, -0.2) is 55.8 Å². The first-order valence-corrected chi connectivity index (χ1v) is 8.80. The molecule has 0 radical (unpaired) electrons. The van der Waals surface area contributed by atoms with E-state index in [1.165, 1.54) is 6.07 Å². The summed E-state index contributed by atoms with van der Waals surface area (Å²) in [5.74, 6) is 0.533. The van der Waals surface area contributed by atoms with E-state index in [1.807, 2.05) is 4.90 Å². The molecule has 6 nitrogen and oxygen atoms in total. The lowest BCUT2D eigenvalue weighted by Crippen LogP contribution is -2.48. The normalized spacial score (nSPS) is 20.7. The molecule has 0 aromatic carbocycles. The Hall–Kier alpha value is -1.29. The number of hydrogen-bond donors (Lipinski definition) is 2. The number of morpholine rings is 1. The number of alkyl halides is 3. The Labute approximate surface area is 174 Å². The first-order chi connectivity index (χ1) is 12.4. The molecule has 1 amide bonds. The number of nitrogens with zero attached hydrogens (tertiary/aromatic N) is 2. The van der Waals surface area contributed by atoms with Crippen LogP contribution in [0.5, 0.6) is 0 Å². The molecule has 2 saturated heterocycles. The summed E-state index contributed by atoms with van der Waals surface area (Å²) in [4.78, 5) is 18.0. The molecule has 28 heavy (non-hydrogen) atoms. The van der Waals surface area contributed by atoms with E-state index in [2.05, 4.69) is 15.6 Å². The van der Waals surface area contributed by atoms with Crippen LogP contribution >= 0.6 is 24.8 Å². The largest absolute Gasteiger partial charge is 0.417 e. The quantitative estimate of drug-likeness (QED) is 0.746. The molecule has 2 aliphatic rings. The van der Waals surface area contributed by atoms with E-state index in [1.54, 1.807) is 0 Å².